The van der Waals surface area contributed by atoms with Gasteiger partial charge in [0.25, 0.3) is 0 Å². The van der Waals surface area contributed by atoms with Crippen LogP contribution < -0.4 is 4.90 Å². The predicted octanol–water partition coefficient (Wildman–Crippen LogP) is 3.40. The van der Waals surface area contributed by atoms with E-state index in [9.17, 15) is 9.18 Å². The number of anilines is 1. The summed E-state index contributed by atoms with van der Waals surface area (Å²) in [5.41, 5.74) is 1.96. The van der Waals surface area contributed by atoms with Crippen LogP contribution in [-0.2, 0) is 4.74 Å². The van der Waals surface area contributed by atoms with E-state index >= 15 is 0 Å². The number of aromatic nitrogens is 3. The van der Waals surface area contributed by atoms with Gasteiger partial charge in [-0.3, -0.25) is 0 Å². The second kappa shape index (κ2) is 6.87. The molecule has 0 spiro atoms. The van der Waals surface area contributed by atoms with E-state index in [0.29, 0.717) is 23.5 Å². The number of imidazole rings is 1. The largest absolute Gasteiger partial charge is 0.461 e. The molecule has 0 fully saturated rings. The first-order valence-corrected chi connectivity index (χ1v) is 9.19. The molecule has 0 bridgehead atoms. The average molecular weight is 372 g/mol. The van der Waals surface area contributed by atoms with Crippen LogP contribution in [-0.4, -0.2) is 40.3 Å². The number of ether oxygens (including phenoxy) is 1. The molecule has 0 radical (unpaired) electrons. The molecule has 0 unspecified atom stereocenters. The van der Waals surface area contributed by atoms with Gasteiger partial charge in [0.15, 0.2) is 10.5 Å². The van der Waals surface area contributed by atoms with Gasteiger partial charge < -0.3 is 9.64 Å². The molecule has 134 valence electrons. The van der Waals surface area contributed by atoms with E-state index in [1.165, 1.54) is 23.7 Å². The maximum atomic E-state index is 14.0. The molecule has 0 N–H and O–H groups in total. The Bertz CT molecular complexity index is 994. The number of halogens is 1. The smallest absolute Gasteiger partial charge is 0.360 e. The summed E-state index contributed by atoms with van der Waals surface area (Å²) in [7, 11) is 0. The Morgan fingerprint density at radius 2 is 2.23 bits per heavy atom. The van der Waals surface area contributed by atoms with E-state index < -0.39 is 5.97 Å². The summed E-state index contributed by atoms with van der Waals surface area (Å²) in [5, 5.41) is 5.30. The molecule has 8 heteroatoms. The molecular weight excluding hydrogens is 355 g/mol. The van der Waals surface area contributed by atoms with Crippen molar-refractivity contribution in [2.24, 2.45) is 0 Å². The lowest BCUT2D eigenvalue weighted by Crippen LogP contribution is -2.28. The average Bonchev–Trinajstić information content (AvgIpc) is 3.23. The fourth-order valence-electron chi connectivity index (χ4n) is 2.97. The number of rotatable bonds is 4. The monoisotopic (exact) mass is 372 g/mol. The van der Waals surface area contributed by atoms with Crippen molar-refractivity contribution in [3.63, 3.8) is 0 Å². The third kappa shape index (κ3) is 2.96. The Balaban J connectivity index is 1.56. The minimum absolute atomic E-state index is 0.194. The second-order valence-electron chi connectivity index (χ2n) is 5.85. The number of hydrogen-bond donors (Lipinski definition) is 0. The van der Waals surface area contributed by atoms with Gasteiger partial charge in [-0.05, 0) is 25.0 Å². The maximum absolute atomic E-state index is 14.0. The number of esters is 1. The Kier molecular flexibility index (Phi) is 4.42. The Morgan fingerprint density at radius 3 is 2.96 bits per heavy atom. The second-order valence-corrected chi connectivity index (χ2v) is 6.81. The van der Waals surface area contributed by atoms with E-state index in [1.54, 1.807) is 17.5 Å². The molecule has 3 aromatic rings. The minimum Gasteiger partial charge on any atom is -0.461 e. The molecule has 0 saturated heterocycles. The fourth-order valence-corrected chi connectivity index (χ4v) is 3.98. The van der Waals surface area contributed by atoms with E-state index in [0.717, 1.165) is 23.7 Å². The molecule has 1 aromatic carbocycles. The van der Waals surface area contributed by atoms with Crippen LogP contribution in [0.2, 0.25) is 0 Å². The third-order valence-corrected chi connectivity index (χ3v) is 5.35. The highest BCUT2D eigenvalue weighted by atomic mass is 32.1. The van der Waals surface area contributed by atoms with Crippen LogP contribution >= 0.6 is 11.3 Å². The molecule has 4 rings (SSSR count). The first kappa shape index (κ1) is 16.7. The van der Waals surface area contributed by atoms with Gasteiger partial charge in [0, 0.05) is 18.7 Å². The maximum Gasteiger partial charge on any atom is 0.360 e. The van der Waals surface area contributed by atoms with Gasteiger partial charge in [0.1, 0.15) is 12.1 Å². The summed E-state index contributed by atoms with van der Waals surface area (Å²) in [4.78, 5) is 18.8. The highest BCUT2D eigenvalue weighted by molar-refractivity contribution is 7.21. The zero-order chi connectivity index (χ0) is 18.1. The van der Waals surface area contributed by atoms with Crippen LogP contribution in [0.1, 0.15) is 29.4 Å². The lowest BCUT2D eigenvalue weighted by molar-refractivity contribution is 0.0522. The number of carbonyl (C=O) groups is 1. The van der Waals surface area contributed by atoms with Crippen LogP contribution in [0.5, 0.6) is 0 Å². The molecular formula is C18H17FN4O2S. The van der Waals surface area contributed by atoms with Crippen molar-refractivity contribution in [3.8, 4) is 0 Å². The lowest BCUT2D eigenvalue weighted by atomic mass is 9.99. The van der Waals surface area contributed by atoms with Gasteiger partial charge in [-0.15, -0.1) is 5.10 Å². The zero-order valence-corrected chi connectivity index (χ0v) is 15.0. The minimum atomic E-state index is -0.439. The quantitative estimate of drug-likeness (QED) is 0.657. The van der Waals surface area contributed by atoms with Crippen LogP contribution in [0, 0.1) is 5.82 Å². The Labute approximate surface area is 153 Å². The lowest BCUT2D eigenvalue weighted by Gasteiger charge is -2.25. The summed E-state index contributed by atoms with van der Waals surface area (Å²) >= 11 is 1.40. The van der Waals surface area contributed by atoms with Gasteiger partial charge in [-0.1, -0.05) is 35.6 Å². The highest BCUT2D eigenvalue weighted by Gasteiger charge is 2.22. The topological polar surface area (TPSA) is 59.7 Å². The molecule has 1 aliphatic heterocycles. The van der Waals surface area contributed by atoms with Gasteiger partial charge in [-0.2, -0.15) is 0 Å². The van der Waals surface area contributed by atoms with Gasteiger partial charge in [0.05, 0.1) is 6.61 Å². The van der Waals surface area contributed by atoms with E-state index in [4.69, 9.17) is 4.74 Å². The highest BCUT2D eigenvalue weighted by Crippen LogP contribution is 2.30. The van der Waals surface area contributed by atoms with Crippen LogP contribution in [0.3, 0.4) is 0 Å². The predicted molar refractivity (Wildman–Crippen MR) is 98.0 cm³/mol. The van der Waals surface area contributed by atoms with Crippen molar-refractivity contribution in [3.05, 3.63) is 53.7 Å². The van der Waals surface area contributed by atoms with Crippen molar-refractivity contribution in [2.45, 2.75) is 13.3 Å². The van der Waals surface area contributed by atoms with Crippen molar-refractivity contribution in [1.29, 1.82) is 0 Å². The third-order valence-electron chi connectivity index (χ3n) is 4.26. The molecule has 6 nitrogen and oxygen atoms in total. The molecule has 26 heavy (non-hydrogen) atoms. The molecule has 0 saturated carbocycles. The summed E-state index contributed by atoms with van der Waals surface area (Å²) in [6, 6.07) is 6.83. The number of benzene rings is 1. The number of carbonyl (C=O) groups excluding carboxylic acids is 1. The van der Waals surface area contributed by atoms with Crippen molar-refractivity contribution in [2.75, 3.05) is 24.6 Å². The van der Waals surface area contributed by atoms with E-state index in [-0.39, 0.29) is 11.5 Å². The van der Waals surface area contributed by atoms with Gasteiger partial charge >= 0.3 is 5.97 Å². The Morgan fingerprint density at radius 1 is 1.38 bits per heavy atom. The van der Waals surface area contributed by atoms with Crippen LogP contribution in [0.25, 0.3) is 10.4 Å². The van der Waals surface area contributed by atoms with Crippen molar-refractivity contribution in [1.82, 2.24) is 14.6 Å². The van der Waals surface area contributed by atoms with Crippen molar-refractivity contribution >= 4 is 32.8 Å². The molecule has 0 aliphatic carbocycles. The van der Waals surface area contributed by atoms with Crippen molar-refractivity contribution < 1.29 is 13.9 Å². The molecule has 0 atom stereocenters. The van der Waals surface area contributed by atoms with Gasteiger partial charge in [0.2, 0.25) is 5.13 Å². The standard InChI is InChI=1S/C18H17FN4O2S/c1-2-25-17(24)15-16-23(11-20-15)21-18(26-16)22-9-7-12(8-10-22)13-5-3-4-6-14(13)19/h3-7,11H,2,8-10H2,1H3. The molecule has 0 amide bonds. The van der Waals surface area contributed by atoms with E-state index in [1.807, 2.05) is 18.2 Å². The van der Waals surface area contributed by atoms with E-state index in [2.05, 4.69) is 15.0 Å². The molecule has 1 aliphatic rings. The number of hydrogen-bond acceptors (Lipinski definition) is 6. The summed E-state index contributed by atoms with van der Waals surface area (Å²) in [6.45, 7) is 3.44. The number of fused-ring (bicyclic) bond motifs is 1. The summed E-state index contributed by atoms with van der Waals surface area (Å²) in [5.74, 6) is -0.633. The van der Waals surface area contributed by atoms with Crippen LogP contribution in [0.4, 0.5) is 9.52 Å². The van der Waals surface area contributed by atoms with Crippen LogP contribution in [0.15, 0.2) is 36.7 Å². The first-order chi connectivity index (χ1) is 12.7. The normalized spacial score (nSPS) is 14.5. The summed E-state index contributed by atoms with van der Waals surface area (Å²) < 4.78 is 20.6. The first-order valence-electron chi connectivity index (χ1n) is 8.37. The summed E-state index contributed by atoms with van der Waals surface area (Å²) in [6.07, 6.45) is 4.29. The molecule has 3 heterocycles. The van der Waals surface area contributed by atoms with Gasteiger partial charge in [-0.25, -0.2) is 18.7 Å². The Hall–Kier alpha value is -2.74. The molecule has 2 aromatic heterocycles. The fraction of sp³-hybridized carbons (Fsp3) is 0.278. The SMILES string of the molecule is CCOC(=O)c1ncn2nc(N3CC=C(c4ccccc4F)CC3)sc12. The number of nitrogens with zero attached hydrogens (tertiary/aromatic N) is 4. The zero-order valence-electron chi connectivity index (χ0n) is 14.2.